The predicted octanol–water partition coefficient (Wildman–Crippen LogP) is 5.54. The molecule has 4 saturated heterocycles. The van der Waals surface area contributed by atoms with Crippen molar-refractivity contribution in [3.63, 3.8) is 0 Å². The van der Waals surface area contributed by atoms with Gasteiger partial charge in [0.2, 0.25) is 0 Å². The van der Waals surface area contributed by atoms with Gasteiger partial charge in [-0.1, -0.05) is 36.4 Å². The van der Waals surface area contributed by atoms with E-state index in [1.807, 2.05) is 0 Å². The maximum Gasteiger partial charge on any atom is 0.0936 e. The Morgan fingerprint density at radius 1 is 0.571 bits per heavy atom. The average Bonchev–Trinajstić information content (AvgIpc) is 3.81. The molecule has 4 heterocycles. The molecule has 0 spiro atoms. The van der Waals surface area contributed by atoms with Crippen LogP contribution in [0.15, 0.2) is 49.6 Å². The minimum atomic E-state index is 0.403. The van der Waals surface area contributed by atoms with Crippen LogP contribution in [-0.4, -0.2) is 98.9 Å². The molecule has 0 amide bonds. The summed E-state index contributed by atoms with van der Waals surface area (Å²) < 4.78 is 22.4. The largest absolute Gasteiger partial charge is 0.372 e. The normalized spacial score (nSPS) is 36.8. The highest BCUT2D eigenvalue weighted by atomic mass is 16.6. The lowest BCUT2D eigenvalue weighted by molar-refractivity contribution is 0.112. The van der Waals surface area contributed by atoms with Gasteiger partial charge < -0.3 is 18.9 Å². The minimum absolute atomic E-state index is 0.403. The molecule has 2 saturated carbocycles. The Kier molecular flexibility index (Phi) is 9.18. The lowest BCUT2D eigenvalue weighted by atomic mass is 9.70. The van der Waals surface area contributed by atoms with Crippen molar-refractivity contribution in [2.45, 2.75) is 99.7 Å². The molecule has 6 unspecified atom stereocenters. The van der Waals surface area contributed by atoms with Gasteiger partial charge in [0.05, 0.1) is 50.8 Å². The number of hydrogen-bond donors (Lipinski definition) is 0. The Bertz CT molecular complexity index is 937. The van der Waals surface area contributed by atoms with Crippen LogP contribution < -0.4 is 0 Å². The summed E-state index contributed by atoms with van der Waals surface area (Å²) in [6, 6.07) is 10.6. The van der Waals surface area contributed by atoms with Gasteiger partial charge in [0.25, 0.3) is 0 Å². The molecule has 4 aliphatic heterocycles. The summed E-state index contributed by atoms with van der Waals surface area (Å²) in [5, 5.41) is 0. The van der Waals surface area contributed by atoms with Gasteiger partial charge in [0, 0.05) is 50.1 Å². The van der Waals surface area contributed by atoms with Crippen LogP contribution in [-0.2, 0) is 18.9 Å². The van der Waals surface area contributed by atoms with Gasteiger partial charge in [-0.05, 0) is 74.3 Å². The molecule has 6 nitrogen and oxygen atoms in total. The lowest BCUT2D eigenvalue weighted by Crippen LogP contribution is -2.43. The molecule has 0 N–H and O–H groups in total. The van der Waals surface area contributed by atoms with Gasteiger partial charge in [0.1, 0.15) is 0 Å². The Balaban J connectivity index is 0.989. The van der Waals surface area contributed by atoms with Gasteiger partial charge in [-0.2, -0.15) is 0 Å². The molecule has 0 aromatic heterocycles. The molecule has 2 aliphatic carbocycles. The van der Waals surface area contributed by atoms with Crippen molar-refractivity contribution in [3.05, 3.63) is 60.7 Å². The van der Waals surface area contributed by atoms with E-state index >= 15 is 0 Å². The Hall–Kier alpha value is -1.54. The van der Waals surface area contributed by atoms with Crippen LogP contribution in [0.2, 0.25) is 0 Å². The summed E-state index contributed by atoms with van der Waals surface area (Å²) in [7, 11) is 0. The van der Waals surface area contributed by atoms with Crippen molar-refractivity contribution in [2.75, 3.05) is 52.6 Å². The van der Waals surface area contributed by atoms with E-state index in [-0.39, 0.29) is 0 Å². The van der Waals surface area contributed by atoms with Gasteiger partial charge in [0.15, 0.2) is 0 Å². The van der Waals surface area contributed by atoms with Gasteiger partial charge in [-0.3, -0.25) is 9.80 Å². The number of allylic oxidation sites excluding steroid dienone is 2. The lowest BCUT2D eigenvalue weighted by Gasteiger charge is -2.40. The third kappa shape index (κ3) is 7.39. The summed E-state index contributed by atoms with van der Waals surface area (Å²) >= 11 is 0. The van der Waals surface area contributed by atoms with Crippen LogP contribution in [0.3, 0.4) is 0 Å². The molecule has 1 aromatic carbocycles. The van der Waals surface area contributed by atoms with E-state index in [4.69, 9.17) is 18.9 Å². The summed E-state index contributed by atoms with van der Waals surface area (Å²) in [6.07, 6.45) is 16.4. The van der Waals surface area contributed by atoms with Crippen LogP contribution >= 0.6 is 0 Å². The Labute approximate surface area is 253 Å². The third-order valence-corrected chi connectivity index (χ3v) is 11.1. The van der Waals surface area contributed by atoms with Crippen molar-refractivity contribution in [2.24, 2.45) is 11.8 Å². The van der Waals surface area contributed by atoms with Crippen molar-refractivity contribution < 1.29 is 18.9 Å². The fourth-order valence-electron chi connectivity index (χ4n) is 8.40. The van der Waals surface area contributed by atoms with Crippen LogP contribution in [0.25, 0.3) is 0 Å². The first-order valence-electron chi connectivity index (χ1n) is 17.0. The SMILES string of the molecule is C=CC(c1ccccc1C(C=C)C1CCC(N(CC2CO2)CC2CO2)CC1)C1CCC(N(CC2CO2)CC2CO2)CC1. The van der Waals surface area contributed by atoms with E-state index in [0.29, 0.717) is 60.2 Å². The van der Waals surface area contributed by atoms with Gasteiger partial charge in [-0.15, -0.1) is 13.2 Å². The molecular weight excluding hydrogens is 524 g/mol. The fraction of sp³-hybridized carbons (Fsp3) is 0.722. The highest BCUT2D eigenvalue weighted by Crippen LogP contribution is 2.45. The van der Waals surface area contributed by atoms with Crippen LogP contribution in [0, 0.1) is 11.8 Å². The van der Waals surface area contributed by atoms with Gasteiger partial charge in [-0.25, -0.2) is 0 Å². The summed E-state index contributed by atoms with van der Waals surface area (Å²) in [6.45, 7) is 16.8. The van der Waals surface area contributed by atoms with E-state index < -0.39 is 0 Å². The molecule has 42 heavy (non-hydrogen) atoms. The van der Waals surface area contributed by atoms with Crippen LogP contribution in [0.1, 0.15) is 74.3 Å². The standard InChI is InChI=1S/C36H52N2O4/c1-3-33(25-9-13-27(14-10-25)37(17-29-21-39-29)18-30-22-40-30)35-7-5-6-8-36(35)34(4-2)26-11-15-28(16-12-26)38(19-31-23-41-31)20-32-24-42-32/h3-8,25-34H,1-2,9-24H2. The zero-order chi connectivity index (χ0) is 28.5. The maximum absolute atomic E-state index is 5.60. The third-order valence-electron chi connectivity index (χ3n) is 11.1. The van der Waals surface area contributed by atoms with Gasteiger partial charge >= 0.3 is 0 Å². The van der Waals surface area contributed by atoms with E-state index in [0.717, 1.165) is 52.6 Å². The average molecular weight is 577 g/mol. The summed E-state index contributed by atoms with van der Waals surface area (Å²) in [5.41, 5.74) is 2.99. The van der Waals surface area contributed by atoms with Crippen molar-refractivity contribution >= 4 is 0 Å². The van der Waals surface area contributed by atoms with Crippen LogP contribution in [0.5, 0.6) is 0 Å². The Morgan fingerprint density at radius 2 is 0.881 bits per heavy atom. The van der Waals surface area contributed by atoms with Crippen molar-refractivity contribution in [1.29, 1.82) is 0 Å². The molecule has 6 aliphatic rings. The monoisotopic (exact) mass is 576 g/mol. The first-order chi connectivity index (χ1) is 20.7. The number of hydrogen-bond acceptors (Lipinski definition) is 6. The molecule has 6 fully saturated rings. The fourth-order valence-corrected chi connectivity index (χ4v) is 8.40. The molecule has 0 bridgehead atoms. The number of epoxide rings is 4. The molecule has 1 aromatic rings. The molecular formula is C36H52N2O4. The first-order valence-corrected chi connectivity index (χ1v) is 17.0. The van der Waals surface area contributed by atoms with Crippen molar-refractivity contribution in [3.8, 4) is 0 Å². The second kappa shape index (κ2) is 13.2. The van der Waals surface area contributed by atoms with E-state index in [1.165, 1.54) is 62.5 Å². The molecule has 230 valence electrons. The topological polar surface area (TPSA) is 56.6 Å². The molecule has 6 atom stereocenters. The molecule has 7 rings (SSSR count). The highest BCUT2D eigenvalue weighted by molar-refractivity contribution is 5.38. The number of nitrogens with zero attached hydrogens (tertiary/aromatic N) is 2. The van der Waals surface area contributed by atoms with E-state index in [9.17, 15) is 0 Å². The smallest absolute Gasteiger partial charge is 0.0936 e. The number of benzene rings is 1. The second-order valence-corrected chi connectivity index (χ2v) is 14.0. The summed E-state index contributed by atoms with van der Waals surface area (Å²) in [5.74, 6) is 2.11. The Morgan fingerprint density at radius 3 is 1.14 bits per heavy atom. The van der Waals surface area contributed by atoms with E-state index in [2.05, 4.69) is 59.4 Å². The van der Waals surface area contributed by atoms with Crippen LogP contribution in [0.4, 0.5) is 0 Å². The number of rotatable bonds is 16. The zero-order valence-electron chi connectivity index (χ0n) is 25.5. The quantitative estimate of drug-likeness (QED) is 0.190. The predicted molar refractivity (Wildman–Crippen MR) is 166 cm³/mol. The minimum Gasteiger partial charge on any atom is -0.372 e. The first kappa shape index (κ1) is 29.2. The second-order valence-electron chi connectivity index (χ2n) is 14.0. The molecule has 0 radical (unpaired) electrons. The number of ether oxygens (including phenoxy) is 4. The zero-order valence-corrected chi connectivity index (χ0v) is 25.5. The maximum atomic E-state index is 5.60. The van der Waals surface area contributed by atoms with Crippen molar-refractivity contribution in [1.82, 2.24) is 9.80 Å². The van der Waals surface area contributed by atoms with E-state index in [1.54, 1.807) is 0 Å². The molecule has 6 heteroatoms. The highest BCUT2D eigenvalue weighted by Gasteiger charge is 2.39. The summed E-state index contributed by atoms with van der Waals surface area (Å²) in [4.78, 5) is 5.37.